The second-order valence-corrected chi connectivity index (χ2v) is 5.51. The molecule has 0 saturated carbocycles. The van der Waals surface area contributed by atoms with E-state index in [1.165, 1.54) is 0 Å². The Kier molecular flexibility index (Phi) is 4.56. The second kappa shape index (κ2) is 6.95. The lowest BCUT2D eigenvalue weighted by Gasteiger charge is -2.14. The van der Waals surface area contributed by atoms with Crippen molar-refractivity contribution in [3.63, 3.8) is 0 Å². The lowest BCUT2D eigenvalue weighted by molar-refractivity contribution is 0.249. The predicted octanol–water partition coefficient (Wildman–Crippen LogP) is 3.46. The number of benzene rings is 1. The summed E-state index contributed by atoms with van der Waals surface area (Å²) in [5.41, 5.74) is 3.44. The number of carbonyl (C=O) groups excluding carboxylic acids is 1. The van der Waals surface area contributed by atoms with E-state index in [1.807, 2.05) is 67.1 Å². The van der Waals surface area contributed by atoms with Crippen molar-refractivity contribution in [2.75, 3.05) is 5.32 Å². The van der Waals surface area contributed by atoms with Crippen molar-refractivity contribution < 1.29 is 4.79 Å². The van der Waals surface area contributed by atoms with Crippen LogP contribution in [0.25, 0.3) is 5.69 Å². The van der Waals surface area contributed by atoms with Gasteiger partial charge in [0.25, 0.3) is 0 Å². The minimum absolute atomic E-state index is 0.178. The standard InChI is InChI=1S/C18H19N5O/c1-13-9-11-20-23(13)16-7-5-6-15(12-16)22-18(24)21-14(2)17-8-3-4-10-19-17/h3-12,14H,1-2H3,(H2,21,22,24). The highest BCUT2D eigenvalue weighted by Crippen LogP contribution is 2.16. The second-order valence-electron chi connectivity index (χ2n) is 5.51. The summed E-state index contributed by atoms with van der Waals surface area (Å²) in [5, 5.41) is 10.00. The number of hydrogen-bond donors (Lipinski definition) is 2. The number of hydrogen-bond acceptors (Lipinski definition) is 3. The van der Waals surface area contributed by atoms with Crippen LogP contribution in [0.4, 0.5) is 10.5 Å². The number of pyridine rings is 1. The fraction of sp³-hybridized carbons (Fsp3) is 0.167. The van der Waals surface area contributed by atoms with Crippen molar-refractivity contribution in [1.29, 1.82) is 0 Å². The van der Waals surface area contributed by atoms with E-state index in [-0.39, 0.29) is 12.1 Å². The summed E-state index contributed by atoms with van der Waals surface area (Å²) in [6, 6.07) is 14.7. The molecule has 0 aliphatic heterocycles. The smallest absolute Gasteiger partial charge is 0.319 e. The van der Waals surface area contributed by atoms with Gasteiger partial charge in [0.15, 0.2) is 0 Å². The molecule has 0 bridgehead atoms. The molecule has 2 amide bonds. The van der Waals surface area contributed by atoms with Crippen LogP contribution in [0.5, 0.6) is 0 Å². The quantitative estimate of drug-likeness (QED) is 0.773. The van der Waals surface area contributed by atoms with E-state index in [2.05, 4.69) is 20.7 Å². The van der Waals surface area contributed by atoms with Crippen LogP contribution in [0.1, 0.15) is 24.4 Å². The number of carbonyl (C=O) groups is 1. The van der Waals surface area contributed by atoms with Crippen molar-refractivity contribution in [2.24, 2.45) is 0 Å². The van der Waals surface area contributed by atoms with Gasteiger partial charge < -0.3 is 10.6 Å². The molecule has 1 aromatic carbocycles. The average molecular weight is 321 g/mol. The van der Waals surface area contributed by atoms with Crippen LogP contribution in [0, 0.1) is 6.92 Å². The fourth-order valence-electron chi connectivity index (χ4n) is 2.43. The van der Waals surface area contributed by atoms with Crippen molar-refractivity contribution in [2.45, 2.75) is 19.9 Å². The number of anilines is 1. The van der Waals surface area contributed by atoms with E-state index < -0.39 is 0 Å². The molecule has 0 saturated heterocycles. The average Bonchev–Trinajstić information content (AvgIpc) is 3.02. The first-order valence-corrected chi connectivity index (χ1v) is 7.73. The third kappa shape index (κ3) is 3.60. The molecule has 3 aromatic rings. The Morgan fingerprint density at radius 3 is 2.71 bits per heavy atom. The molecule has 1 atom stereocenters. The Hall–Kier alpha value is -3.15. The monoisotopic (exact) mass is 321 g/mol. The SMILES string of the molecule is Cc1ccnn1-c1cccc(NC(=O)NC(C)c2ccccn2)c1. The zero-order valence-corrected chi connectivity index (χ0v) is 13.6. The molecule has 0 aliphatic carbocycles. The van der Waals surface area contributed by atoms with Crippen LogP contribution in [0.2, 0.25) is 0 Å². The lowest BCUT2D eigenvalue weighted by atomic mass is 10.2. The zero-order valence-electron chi connectivity index (χ0n) is 13.6. The van der Waals surface area contributed by atoms with Crippen molar-refractivity contribution in [1.82, 2.24) is 20.1 Å². The van der Waals surface area contributed by atoms with E-state index >= 15 is 0 Å². The Morgan fingerprint density at radius 2 is 2.00 bits per heavy atom. The van der Waals surface area contributed by atoms with Gasteiger partial charge in [0.05, 0.1) is 17.4 Å². The topological polar surface area (TPSA) is 71.8 Å². The molecule has 1 unspecified atom stereocenters. The number of nitrogens with zero attached hydrogens (tertiary/aromatic N) is 3. The molecule has 3 rings (SSSR count). The van der Waals surface area contributed by atoms with E-state index in [4.69, 9.17) is 0 Å². The molecule has 0 radical (unpaired) electrons. The van der Waals surface area contributed by atoms with Gasteiger partial charge in [-0.3, -0.25) is 4.98 Å². The number of aryl methyl sites for hydroxylation is 1. The first kappa shape index (κ1) is 15.7. The maximum absolute atomic E-state index is 12.2. The van der Waals surface area contributed by atoms with Gasteiger partial charge in [-0.05, 0) is 50.2 Å². The van der Waals surface area contributed by atoms with Gasteiger partial charge in [-0.15, -0.1) is 0 Å². The van der Waals surface area contributed by atoms with Gasteiger partial charge in [0.2, 0.25) is 0 Å². The molecule has 2 N–H and O–H groups in total. The van der Waals surface area contributed by atoms with Gasteiger partial charge in [0.1, 0.15) is 0 Å². The summed E-state index contributed by atoms with van der Waals surface area (Å²) in [5.74, 6) is 0. The summed E-state index contributed by atoms with van der Waals surface area (Å²) in [4.78, 5) is 16.4. The molecule has 0 aliphatic rings. The van der Waals surface area contributed by atoms with Gasteiger partial charge in [-0.1, -0.05) is 12.1 Å². The number of rotatable bonds is 4. The first-order valence-electron chi connectivity index (χ1n) is 7.73. The summed E-state index contributed by atoms with van der Waals surface area (Å²) in [6.45, 7) is 3.87. The highest BCUT2D eigenvalue weighted by molar-refractivity contribution is 5.89. The third-order valence-corrected chi connectivity index (χ3v) is 3.66. The normalized spacial score (nSPS) is 11.8. The van der Waals surface area contributed by atoms with Crippen LogP contribution in [0.3, 0.4) is 0 Å². The summed E-state index contributed by atoms with van der Waals surface area (Å²) in [7, 11) is 0. The van der Waals surface area contributed by atoms with E-state index in [0.29, 0.717) is 5.69 Å². The zero-order chi connectivity index (χ0) is 16.9. The van der Waals surface area contributed by atoms with Gasteiger partial charge >= 0.3 is 6.03 Å². The van der Waals surface area contributed by atoms with Crippen molar-refractivity contribution in [3.8, 4) is 5.69 Å². The Balaban J connectivity index is 1.68. The minimum atomic E-state index is -0.275. The van der Waals surface area contributed by atoms with Gasteiger partial charge in [-0.25, -0.2) is 9.48 Å². The van der Waals surface area contributed by atoms with Crippen LogP contribution in [0.15, 0.2) is 60.9 Å². The summed E-state index contributed by atoms with van der Waals surface area (Å²) in [6.07, 6.45) is 3.46. The molecule has 122 valence electrons. The van der Waals surface area contributed by atoms with E-state index in [1.54, 1.807) is 12.4 Å². The highest BCUT2D eigenvalue weighted by atomic mass is 16.2. The molecule has 0 spiro atoms. The Bertz CT molecular complexity index is 828. The van der Waals surface area contributed by atoms with E-state index in [9.17, 15) is 4.79 Å². The van der Waals surface area contributed by atoms with Crippen molar-refractivity contribution in [3.05, 3.63) is 72.3 Å². The lowest BCUT2D eigenvalue weighted by Crippen LogP contribution is -2.31. The van der Waals surface area contributed by atoms with Crippen LogP contribution in [-0.4, -0.2) is 20.8 Å². The van der Waals surface area contributed by atoms with Gasteiger partial charge in [-0.2, -0.15) is 5.10 Å². The highest BCUT2D eigenvalue weighted by Gasteiger charge is 2.10. The number of amides is 2. The molecular formula is C18H19N5O. The number of nitrogens with one attached hydrogen (secondary N) is 2. The maximum atomic E-state index is 12.2. The molecule has 0 fully saturated rings. The van der Waals surface area contributed by atoms with Crippen LogP contribution >= 0.6 is 0 Å². The summed E-state index contributed by atoms with van der Waals surface area (Å²) >= 11 is 0. The number of urea groups is 1. The maximum Gasteiger partial charge on any atom is 0.319 e. The number of aromatic nitrogens is 3. The molecule has 6 nitrogen and oxygen atoms in total. The molecule has 2 heterocycles. The largest absolute Gasteiger partial charge is 0.330 e. The molecular weight excluding hydrogens is 302 g/mol. The minimum Gasteiger partial charge on any atom is -0.330 e. The summed E-state index contributed by atoms with van der Waals surface area (Å²) < 4.78 is 1.82. The predicted molar refractivity (Wildman–Crippen MR) is 93.1 cm³/mol. The van der Waals surface area contributed by atoms with Crippen molar-refractivity contribution >= 4 is 11.7 Å². The molecule has 6 heteroatoms. The third-order valence-electron chi connectivity index (χ3n) is 3.66. The first-order chi connectivity index (χ1) is 11.6. The Morgan fingerprint density at radius 1 is 1.12 bits per heavy atom. The molecule has 24 heavy (non-hydrogen) atoms. The molecule has 2 aromatic heterocycles. The van der Waals surface area contributed by atoms with Gasteiger partial charge in [0, 0.05) is 23.8 Å². The van der Waals surface area contributed by atoms with E-state index in [0.717, 1.165) is 17.1 Å². The fourth-order valence-corrected chi connectivity index (χ4v) is 2.43. The van der Waals surface area contributed by atoms with Crippen LogP contribution < -0.4 is 10.6 Å². The van der Waals surface area contributed by atoms with Crippen LogP contribution in [-0.2, 0) is 0 Å². The Labute approximate surface area is 140 Å².